The molecule has 1 aliphatic rings. The van der Waals surface area contributed by atoms with Gasteiger partial charge < -0.3 is 19.1 Å². The van der Waals surface area contributed by atoms with E-state index in [2.05, 4.69) is 6.92 Å². The number of hydrogen-bond acceptors (Lipinski definition) is 4. The van der Waals surface area contributed by atoms with Gasteiger partial charge in [-0.15, -0.1) is 0 Å². The molecule has 3 aromatic rings. The summed E-state index contributed by atoms with van der Waals surface area (Å²) in [7, 11) is 3.15. The van der Waals surface area contributed by atoms with Gasteiger partial charge in [0.1, 0.15) is 18.2 Å². The third-order valence-corrected chi connectivity index (χ3v) is 6.49. The second-order valence-electron chi connectivity index (χ2n) is 8.08. The number of hydrogen-bond donors (Lipinski definition) is 0. The Labute approximate surface area is 204 Å². The molecule has 3 aromatic carbocycles. The molecule has 1 heterocycles. The molecule has 0 aromatic heterocycles. The molecular weight excluding hydrogens is 457 g/mol. The van der Waals surface area contributed by atoms with Crippen molar-refractivity contribution in [2.75, 3.05) is 27.4 Å². The number of carbonyl (C=O) groups is 1. The predicted molar refractivity (Wildman–Crippen MR) is 130 cm³/mol. The van der Waals surface area contributed by atoms with Crippen molar-refractivity contribution in [1.82, 2.24) is 4.90 Å². The van der Waals surface area contributed by atoms with Crippen LogP contribution in [0, 0.1) is 5.82 Å². The summed E-state index contributed by atoms with van der Waals surface area (Å²) in [6.45, 7) is 2.66. The molecule has 1 atom stereocenters. The van der Waals surface area contributed by atoms with Crippen molar-refractivity contribution in [2.24, 2.45) is 0 Å². The van der Waals surface area contributed by atoms with Gasteiger partial charge in [-0.3, -0.25) is 4.79 Å². The number of rotatable bonds is 7. The molecule has 0 N–H and O–H groups in total. The molecule has 4 rings (SSSR count). The molecule has 1 aliphatic heterocycles. The van der Waals surface area contributed by atoms with E-state index < -0.39 is 17.8 Å². The highest BCUT2D eigenvalue weighted by molar-refractivity contribution is 6.33. The van der Waals surface area contributed by atoms with Gasteiger partial charge in [-0.05, 0) is 65.9 Å². The van der Waals surface area contributed by atoms with Crippen molar-refractivity contribution in [3.8, 4) is 17.2 Å². The molecule has 0 radical (unpaired) electrons. The molecule has 5 nitrogen and oxygen atoms in total. The van der Waals surface area contributed by atoms with Crippen LogP contribution >= 0.6 is 11.6 Å². The van der Waals surface area contributed by atoms with Crippen LogP contribution in [0.15, 0.2) is 54.6 Å². The van der Waals surface area contributed by atoms with Gasteiger partial charge in [0.05, 0.1) is 30.8 Å². The summed E-state index contributed by atoms with van der Waals surface area (Å²) in [6, 6.07) is 15.4. The van der Waals surface area contributed by atoms with Crippen molar-refractivity contribution in [1.29, 1.82) is 0 Å². The van der Waals surface area contributed by atoms with Crippen molar-refractivity contribution in [2.45, 2.75) is 25.8 Å². The van der Waals surface area contributed by atoms with Crippen molar-refractivity contribution in [3.63, 3.8) is 0 Å². The molecule has 34 heavy (non-hydrogen) atoms. The summed E-state index contributed by atoms with van der Waals surface area (Å²) >= 11 is 6.23. The zero-order valence-corrected chi connectivity index (χ0v) is 20.2. The van der Waals surface area contributed by atoms with Crippen LogP contribution in [0.5, 0.6) is 17.2 Å². The Morgan fingerprint density at radius 1 is 1.09 bits per heavy atom. The Morgan fingerprint density at radius 2 is 1.79 bits per heavy atom. The standard InChI is InChI=1S/C27H27ClFNO4/c1-4-17-8-10-19(11-9-17)34-16-23-20-15-25(33-3)24(32-2)14-18(20)12-13-30(23)27(31)26-21(28)6-5-7-22(26)29/h5-11,14-15,23H,4,12-13,16H2,1-3H3. The Bertz CT molecular complexity index is 1160. The molecule has 1 amide bonds. The smallest absolute Gasteiger partial charge is 0.259 e. The van der Waals surface area contributed by atoms with Gasteiger partial charge in [0.25, 0.3) is 5.91 Å². The average Bonchev–Trinajstić information content (AvgIpc) is 2.86. The number of aryl methyl sites for hydroxylation is 1. The average molecular weight is 484 g/mol. The van der Waals surface area contributed by atoms with Gasteiger partial charge in [-0.25, -0.2) is 4.39 Å². The summed E-state index contributed by atoms with van der Waals surface area (Å²) in [5.74, 6) is 0.745. The van der Waals surface area contributed by atoms with E-state index in [1.165, 1.54) is 23.8 Å². The molecule has 0 saturated heterocycles. The van der Waals surface area contributed by atoms with Gasteiger partial charge in [0.15, 0.2) is 11.5 Å². The van der Waals surface area contributed by atoms with E-state index in [9.17, 15) is 9.18 Å². The van der Waals surface area contributed by atoms with Crippen molar-refractivity contribution in [3.05, 3.63) is 87.7 Å². The van der Waals surface area contributed by atoms with Gasteiger partial charge in [0.2, 0.25) is 0 Å². The normalized spacial score (nSPS) is 15.0. The van der Waals surface area contributed by atoms with Crippen LogP contribution in [0.2, 0.25) is 5.02 Å². The topological polar surface area (TPSA) is 48.0 Å². The number of fused-ring (bicyclic) bond motifs is 1. The van der Waals surface area contributed by atoms with Gasteiger partial charge in [-0.1, -0.05) is 36.7 Å². The maximum atomic E-state index is 14.6. The van der Waals surface area contributed by atoms with E-state index in [0.717, 1.165) is 17.5 Å². The zero-order chi connectivity index (χ0) is 24.2. The van der Waals surface area contributed by atoms with Crippen LogP contribution in [0.25, 0.3) is 0 Å². The number of nitrogens with zero attached hydrogens (tertiary/aromatic N) is 1. The number of ether oxygens (including phenoxy) is 3. The summed E-state index contributed by atoms with van der Waals surface area (Å²) in [5, 5.41) is 0.0814. The predicted octanol–water partition coefficient (Wildman–Crippen LogP) is 5.88. The Morgan fingerprint density at radius 3 is 2.44 bits per heavy atom. The number of amides is 1. The summed E-state index contributed by atoms with van der Waals surface area (Å²) in [4.78, 5) is 15.1. The van der Waals surface area contributed by atoms with Crippen molar-refractivity contribution < 1.29 is 23.4 Å². The summed E-state index contributed by atoms with van der Waals surface area (Å²) in [5.41, 5.74) is 2.97. The minimum absolute atomic E-state index is 0.0814. The second kappa shape index (κ2) is 10.3. The zero-order valence-electron chi connectivity index (χ0n) is 19.4. The van der Waals surface area contributed by atoms with Gasteiger partial charge in [-0.2, -0.15) is 0 Å². The number of benzene rings is 3. The van der Waals surface area contributed by atoms with Gasteiger partial charge >= 0.3 is 0 Å². The lowest BCUT2D eigenvalue weighted by Crippen LogP contribution is -2.43. The SMILES string of the molecule is CCc1ccc(OCC2c3cc(OC)c(OC)cc3CCN2C(=O)c2c(F)cccc2Cl)cc1. The first-order valence-electron chi connectivity index (χ1n) is 11.2. The molecule has 0 aliphatic carbocycles. The highest BCUT2D eigenvalue weighted by atomic mass is 35.5. The third-order valence-electron chi connectivity index (χ3n) is 6.18. The minimum Gasteiger partial charge on any atom is -0.493 e. The minimum atomic E-state index is -0.648. The maximum Gasteiger partial charge on any atom is 0.259 e. The number of carbonyl (C=O) groups excluding carboxylic acids is 1. The second-order valence-corrected chi connectivity index (χ2v) is 8.48. The summed E-state index contributed by atoms with van der Waals surface area (Å²) in [6.07, 6.45) is 1.51. The number of halogens is 2. The quantitative estimate of drug-likeness (QED) is 0.421. The lowest BCUT2D eigenvalue weighted by Gasteiger charge is -2.38. The first-order chi connectivity index (χ1) is 16.5. The fourth-order valence-electron chi connectivity index (χ4n) is 4.29. The Kier molecular flexibility index (Phi) is 7.27. The fraction of sp³-hybridized carbons (Fsp3) is 0.296. The highest BCUT2D eigenvalue weighted by Gasteiger charge is 2.35. The Balaban J connectivity index is 1.72. The molecular formula is C27H27ClFNO4. The van der Waals surface area contributed by atoms with Crippen molar-refractivity contribution >= 4 is 17.5 Å². The third kappa shape index (κ3) is 4.68. The van der Waals surface area contributed by atoms with Crippen LogP contribution in [-0.2, 0) is 12.8 Å². The molecule has 7 heteroatoms. The van der Waals surface area contributed by atoms with E-state index in [1.807, 2.05) is 36.4 Å². The molecule has 0 saturated carbocycles. The first kappa shape index (κ1) is 23.9. The Hall–Kier alpha value is -3.25. The molecule has 0 fully saturated rings. The van der Waals surface area contributed by atoms with Crippen LogP contribution in [0.1, 0.15) is 40.0 Å². The van der Waals surface area contributed by atoms with Crippen LogP contribution in [0.4, 0.5) is 4.39 Å². The van der Waals surface area contributed by atoms with Crippen LogP contribution in [0.3, 0.4) is 0 Å². The molecule has 0 bridgehead atoms. The first-order valence-corrected chi connectivity index (χ1v) is 11.6. The molecule has 1 unspecified atom stereocenters. The van der Waals surface area contributed by atoms with E-state index in [4.69, 9.17) is 25.8 Å². The molecule has 178 valence electrons. The monoisotopic (exact) mass is 483 g/mol. The lowest BCUT2D eigenvalue weighted by atomic mass is 9.91. The maximum absolute atomic E-state index is 14.6. The van der Waals surface area contributed by atoms with Gasteiger partial charge in [0, 0.05) is 6.54 Å². The van der Waals surface area contributed by atoms with Crippen LogP contribution < -0.4 is 14.2 Å². The largest absolute Gasteiger partial charge is 0.493 e. The van der Waals surface area contributed by atoms with E-state index in [1.54, 1.807) is 19.1 Å². The van der Waals surface area contributed by atoms with E-state index in [0.29, 0.717) is 30.2 Å². The van der Waals surface area contributed by atoms with Crippen LogP contribution in [-0.4, -0.2) is 38.2 Å². The lowest BCUT2D eigenvalue weighted by molar-refractivity contribution is 0.0584. The molecule has 0 spiro atoms. The fourth-order valence-corrected chi connectivity index (χ4v) is 4.54. The van der Waals surface area contributed by atoms with E-state index >= 15 is 0 Å². The summed E-state index contributed by atoms with van der Waals surface area (Å²) < 4.78 is 31.7. The highest BCUT2D eigenvalue weighted by Crippen LogP contribution is 2.39. The number of methoxy groups -OCH3 is 2. The van der Waals surface area contributed by atoms with E-state index in [-0.39, 0.29) is 17.2 Å².